The summed E-state index contributed by atoms with van der Waals surface area (Å²) in [5.74, 6) is 0.308. The average Bonchev–Trinajstić information content (AvgIpc) is 2.71. The largest absolute Gasteiger partial charge is 0.483 e. The van der Waals surface area contributed by atoms with Gasteiger partial charge in [-0.1, -0.05) is 54.6 Å². The van der Waals surface area contributed by atoms with E-state index < -0.39 is 0 Å². The van der Waals surface area contributed by atoms with Crippen LogP contribution in [-0.2, 0) is 4.79 Å². The summed E-state index contributed by atoms with van der Waals surface area (Å²) in [6.07, 6.45) is 0. The van der Waals surface area contributed by atoms with Crippen molar-refractivity contribution in [3.8, 4) is 16.9 Å². The fourth-order valence-electron chi connectivity index (χ4n) is 2.96. The van der Waals surface area contributed by atoms with E-state index in [1.165, 1.54) is 0 Å². The molecule has 3 aromatic carbocycles. The van der Waals surface area contributed by atoms with Crippen LogP contribution in [0.3, 0.4) is 0 Å². The first-order chi connectivity index (χ1) is 14.0. The standard InChI is InChI=1S/C23H23N3O2S/c1-16-12-17(2)14-19(13-16)24-23(29)26-25-22(27)15-28-21-11-7-6-10-20(21)18-8-4-3-5-9-18/h3-14H,15H2,1-2H3,(H,25,27)(H2,24,26,29). The number of hydrogen-bond donors (Lipinski definition) is 3. The van der Waals surface area contributed by atoms with E-state index in [2.05, 4.69) is 22.2 Å². The molecule has 3 rings (SSSR count). The summed E-state index contributed by atoms with van der Waals surface area (Å²) >= 11 is 5.23. The minimum Gasteiger partial charge on any atom is -0.483 e. The Bertz CT molecular complexity index is 986. The van der Waals surface area contributed by atoms with Crippen LogP contribution in [0.1, 0.15) is 11.1 Å². The van der Waals surface area contributed by atoms with Crippen molar-refractivity contribution in [2.75, 3.05) is 11.9 Å². The van der Waals surface area contributed by atoms with Crippen molar-refractivity contribution < 1.29 is 9.53 Å². The molecule has 5 nitrogen and oxygen atoms in total. The van der Waals surface area contributed by atoms with Crippen molar-refractivity contribution in [3.05, 3.63) is 83.9 Å². The Kier molecular flexibility index (Phi) is 6.81. The van der Waals surface area contributed by atoms with Crippen molar-refractivity contribution >= 4 is 28.9 Å². The highest BCUT2D eigenvalue weighted by molar-refractivity contribution is 7.80. The average molecular weight is 406 g/mol. The molecule has 0 heterocycles. The van der Waals surface area contributed by atoms with Gasteiger partial charge in [-0.2, -0.15) is 0 Å². The number of carbonyl (C=O) groups is 1. The van der Waals surface area contributed by atoms with Crippen molar-refractivity contribution in [1.82, 2.24) is 10.9 Å². The first-order valence-electron chi connectivity index (χ1n) is 9.22. The second kappa shape index (κ2) is 9.71. The zero-order valence-corrected chi connectivity index (χ0v) is 17.2. The Morgan fingerprint density at radius 3 is 2.28 bits per heavy atom. The number of hydrazine groups is 1. The van der Waals surface area contributed by atoms with Gasteiger partial charge in [0.25, 0.3) is 5.91 Å². The molecule has 0 bridgehead atoms. The highest BCUT2D eigenvalue weighted by Crippen LogP contribution is 2.29. The van der Waals surface area contributed by atoms with E-state index in [0.717, 1.165) is 27.9 Å². The first kappa shape index (κ1) is 20.4. The monoisotopic (exact) mass is 405 g/mol. The summed E-state index contributed by atoms with van der Waals surface area (Å²) < 4.78 is 5.72. The lowest BCUT2D eigenvalue weighted by Crippen LogP contribution is -2.45. The number of hydrogen-bond acceptors (Lipinski definition) is 3. The topological polar surface area (TPSA) is 62.4 Å². The maximum absolute atomic E-state index is 12.1. The minimum absolute atomic E-state index is 0.136. The molecule has 0 aliphatic carbocycles. The number of thiocarbonyl (C=S) groups is 1. The zero-order valence-electron chi connectivity index (χ0n) is 16.4. The van der Waals surface area contributed by atoms with Crippen LogP contribution in [-0.4, -0.2) is 17.6 Å². The van der Waals surface area contributed by atoms with Crippen molar-refractivity contribution in [2.45, 2.75) is 13.8 Å². The van der Waals surface area contributed by atoms with Gasteiger partial charge >= 0.3 is 0 Å². The van der Waals surface area contributed by atoms with Crippen LogP contribution < -0.4 is 20.9 Å². The molecule has 148 valence electrons. The number of para-hydroxylation sites is 1. The summed E-state index contributed by atoms with van der Waals surface area (Å²) in [5.41, 5.74) is 10.3. The molecule has 0 atom stereocenters. The number of amides is 1. The predicted octanol–water partition coefficient (Wildman–Crippen LogP) is 4.37. The summed E-state index contributed by atoms with van der Waals surface area (Å²) in [5, 5.41) is 3.35. The Hall–Kier alpha value is -3.38. The summed E-state index contributed by atoms with van der Waals surface area (Å²) in [7, 11) is 0. The lowest BCUT2D eigenvalue weighted by Gasteiger charge is -2.14. The molecule has 0 saturated carbocycles. The van der Waals surface area contributed by atoms with E-state index in [1.54, 1.807) is 0 Å². The van der Waals surface area contributed by atoms with E-state index in [4.69, 9.17) is 17.0 Å². The Morgan fingerprint density at radius 1 is 0.897 bits per heavy atom. The number of aryl methyl sites for hydroxylation is 2. The Morgan fingerprint density at radius 2 is 1.55 bits per heavy atom. The lowest BCUT2D eigenvalue weighted by molar-refractivity contribution is -0.123. The van der Waals surface area contributed by atoms with Gasteiger partial charge in [-0.15, -0.1) is 0 Å². The third-order valence-corrected chi connectivity index (χ3v) is 4.33. The van der Waals surface area contributed by atoms with Gasteiger partial charge in [0.15, 0.2) is 11.7 Å². The molecule has 3 N–H and O–H groups in total. The lowest BCUT2D eigenvalue weighted by atomic mass is 10.1. The van der Waals surface area contributed by atoms with Crippen LogP contribution in [0.2, 0.25) is 0 Å². The van der Waals surface area contributed by atoms with E-state index >= 15 is 0 Å². The SMILES string of the molecule is Cc1cc(C)cc(NC(=S)NNC(=O)COc2ccccc2-c2ccccc2)c1. The van der Waals surface area contributed by atoms with Crippen LogP contribution in [0.4, 0.5) is 5.69 Å². The van der Waals surface area contributed by atoms with Crippen molar-refractivity contribution in [1.29, 1.82) is 0 Å². The molecular formula is C23H23N3O2S. The van der Waals surface area contributed by atoms with E-state index in [-0.39, 0.29) is 12.5 Å². The molecule has 0 aliphatic heterocycles. The van der Waals surface area contributed by atoms with Crippen LogP contribution in [0.5, 0.6) is 5.75 Å². The maximum Gasteiger partial charge on any atom is 0.276 e. The first-order valence-corrected chi connectivity index (χ1v) is 9.63. The maximum atomic E-state index is 12.1. The molecule has 0 spiro atoms. The van der Waals surface area contributed by atoms with Crippen LogP contribution in [0.25, 0.3) is 11.1 Å². The summed E-state index contributed by atoms with van der Waals surface area (Å²) in [6.45, 7) is 3.89. The number of benzene rings is 3. The third kappa shape index (κ3) is 6.05. The Labute approximate surface area is 176 Å². The molecule has 29 heavy (non-hydrogen) atoms. The Balaban J connectivity index is 1.51. The van der Waals surface area contributed by atoms with Gasteiger partial charge in [0.1, 0.15) is 5.75 Å². The molecule has 0 radical (unpaired) electrons. The quantitative estimate of drug-likeness (QED) is 0.435. The van der Waals surface area contributed by atoms with E-state index in [1.807, 2.05) is 80.6 Å². The number of ether oxygens (including phenoxy) is 1. The summed E-state index contributed by atoms with van der Waals surface area (Å²) in [6, 6.07) is 23.5. The van der Waals surface area contributed by atoms with E-state index in [0.29, 0.717) is 10.9 Å². The second-order valence-corrected chi connectivity index (χ2v) is 7.06. The zero-order chi connectivity index (χ0) is 20.6. The minimum atomic E-state index is -0.336. The molecular weight excluding hydrogens is 382 g/mol. The fraction of sp³-hybridized carbons (Fsp3) is 0.130. The number of anilines is 1. The van der Waals surface area contributed by atoms with Crippen LogP contribution >= 0.6 is 12.2 Å². The third-order valence-electron chi connectivity index (χ3n) is 4.13. The van der Waals surface area contributed by atoms with Crippen molar-refractivity contribution in [2.24, 2.45) is 0 Å². The second-order valence-electron chi connectivity index (χ2n) is 6.65. The number of carbonyl (C=O) groups excluding carboxylic acids is 1. The smallest absolute Gasteiger partial charge is 0.276 e. The van der Waals surface area contributed by atoms with Gasteiger partial charge in [0.2, 0.25) is 0 Å². The van der Waals surface area contributed by atoms with Gasteiger partial charge < -0.3 is 10.1 Å². The molecule has 0 saturated heterocycles. The number of nitrogens with one attached hydrogen (secondary N) is 3. The van der Waals surface area contributed by atoms with Gasteiger partial charge in [0, 0.05) is 11.3 Å². The van der Waals surface area contributed by atoms with Gasteiger partial charge in [0.05, 0.1) is 0 Å². The van der Waals surface area contributed by atoms with Gasteiger partial charge in [-0.25, -0.2) is 0 Å². The molecule has 0 unspecified atom stereocenters. The molecule has 6 heteroatoms. The molecule has 1 amide bonds. The summed E-state index contributed by atoms with van der Waals surface area (Å²) in [4.78, 5) is 12.1. The number of rotatable bonds is 5. The molecule has 3 aromatic rings. The fourth-order valence-corrected chi connectivity index (χ4v) is 3.13. The highest BCUT2D eigenvalue weighted by Gasteiger charge is 2.08. The van der Waals surface area contributed by atoms with Crippen molar-refractivity contribution in [3.63, 3.8) is 0 Å². The normalized spacial score (nSPS) is 10.1. The molecule has 0 aliphatic rings. The predicted molar refractivity (Wildman–Crippen MR) is 121 cm³/mol. The van der Waals surface area contributed by atoms with Crippen LogP contribution in [0.15, 0.2) is 72.8 Å². The van der Waals surface area contributed by atoms with Crippen LogP contribution in [0, 0.1) is 13.8 Å². The highest BCUT2D eigenvalue weighted by atomic mass is 32.1. The van der Waals surface area contributed by atoms with E-state index in [9.17, 15) is 4.79 Å². The van der Waals surface area contributed by atoms with Gasteiger partial charge in [-0.3, -0.25) is 15.6 Å². The molecule has 0 fully saturated rings. The van der Waals surface area contributed by atoms with Gasteiger partial charge in [-0.05, 0) is 61.0 Å². The molecule has 0 aromatic heterocycles.